The highest BCUT2D eigenvalue weighted by Gasteiger charge is 2.28. The van der Waals surface area contributed by atoms with Gasteiger partial charge in [0, 0.05) is 18.5 Å². The Labute approximate surface area is 136 Å². The third-order valence-corrected chi connectivity index (χ3v) is 5.74. The van der Waals surface area contributed by atoms with Gasteiger partial charge in [-0.2, -0.15) is 0 Å². The largest absolute Gasteiger partial charge is 0.353 e. The molecule has 0 aliphatic heterocycles. The Bertz CT molecular complexity index is 318. The molecule has 0 bridgehead atoms. The van der Waals surface area contributed by atoms with Gasteiger partial charge in [-0.05, 0) is 37.5 Å². The smallest absolute Gasteiger partial charge is 0.220 e. The van der Waals surface area contributed by atoms with Gasteiger partial charge >= 0.3 is 0 Å². The second kappa shape index (κ2) is 8.99. The molecule has 2 rings (SSSR count). The number of hydrogen-bond acceptors (Lipinski definition) is 2. The predicted octanol–water partition coefficient (Wildman–Crippen LogP) is 3.65. The van der Waals surface area contributed by atoms with Gasteiger partial charge in [0.1, 0.15) is 0 Å². The zero-order valence-electron chi connectivity index (χ0n) is 13.6. The average Bonchev–Trinajstić information content (AvgIpc) is 2.84. The number of hydrogen-bond donors (Lipinski definition) is 2. The standard InChI is InChI=1S/C17H32N2O.ClH/c1-12(14-7-4-3-5-8-14)13(2)19-17(20)11-15-9-6-10-16(15)18;/h12-16H,3-11,18H2,1-2H3,(H,19,20);1H/t12?,13?,15-,16+;/m0./s1. The topological polar surface area (TPSA) is 55.1 Å². The number of carbonyl (C=O) groups is 1. The minimum Gasteiger partial charge on any atom is -0.353 e. The summed E-state index contributed by atoms with van der Waals surface area (Å²) in [4.78, 5) is 12.2. The lowest BCUT2D eigenvalue weighted by molar-refractivity contribution is -0.123. The number of amides is 1. The molecule has 4 atom stereocenters. The van der Waals surface area contributed by atoms with Crippen molar-refractivity contribution in [2.24, 2.45) is 23.5 Å². The monoisotopic (exact) mass is 316 g/mol. The van der Waals surface area contributed by atoms with Crippen molar-refractivity contribution in [2.75, 3.05) is 0 Å². The van der Waals surface area contributed by atoms with Gasteiger partial charge in [0.2, 0.25) is 5.91 Å². The number of rotatable bonds is 5. The molecule has 1 amide bonds. The third kappa shape index (κ3) is 5.45. The zero-order chi connectivity index (χ0) is 14.5. The van der Waals surface area contributed by atoms with Gasteiger partial charge in [0.25, 0.3) is 0 Å². The van der Waals surface area contributed by atoms with Gasteiger partial charge in [-0.25, -0.2) is 0 Å². The van der Waals surface area contributed by atoms with Crippen LogP contribution in [0.4, 0.5) is 0 Å². The van der Waals surface area contributed by atoms with Crippen molar-refractivity contribution >= 4 is 18.3 Å². The van der Waals surface area contributed by atoms with E-state index in [9.17, 15) is 4.79 Å². The maximum Gasteiger partial charge on any atom is 0.220 e. The molecule has 2 unspecified atom stereocenters. The van der Waals surface area contributed by atoms with E-state index in [4.69, 9.17) is 5.73 Å². The average molecular weight is 317 g/mol. The first-order chi connectivity index (χ1) is 9.58. The highest BCUT2D eigenvalue weighted by atomic mass is 35.5. The number of nitrogens with two attached hydrogens (primary N) is 1. The van der Waals surface area contributed by atoms with Crippen molar-refractivity contribution in [2.45, 2.75) is 83.7 Å². The lowest BCUT2D eigenvalue weighted by Crippen LogP contribution is -2.41. The second-order valence-electron chi connectivity index (χ2n) is 7.17. The van der Waals surface area contributed by atoms with Gasteiger partial charge in [-0.15, -0.1) is 12.4 Å². The van der Waals surface area contributed by atoms with E-state index in [0.29, 0.717) is 24.3 Å². The van der Waals surface area contributed by atoms with Crippen molar-refractivity contribution in [3.63, 3.8) is 0 Å². The van der Waals surface area contributed by atoms with Crippen LogP contribution in [0.3, 0.4) is 0 Å². The molecule has 0 aromatic heterocycles. The highest BCUT2D eigenvalue weighted by Crippen LogP contribution is 2.32. The van der Waals surface area contributed by atoms with E-state index in [0.717, 1.165) is 18.8 Å². The van der Waals surface area contributed by atoms with Crippen LogP contribution in [-0.4, -0.2) is 18.0 Å². The molecular weight excluding hydrogens is 284 g/mol. The van der Waals surface area contributed by atoms with Gasteiger partial charge in [0.15, 0.2) is 0 Å². The predicted molar refractivity (Wildman–Crippen MR) is 90.5 cm³/mol. The minimum atomic E-state index is 0. The normalized spacial score (nSPS) is 29.5. The summed E-state index contributed by atoms with van der Waals surface area (Å²) in [6.07, 6.45) is 10.8. The van der Waals surface area contributed by atoms with Crippen molar-refractivity contribution in [1.82, 2.24) is 5.32 Å². The summed E-state index contributed by atoms with van der Waals surface area (Å²) < 4.78 is 0. The Morgan fingerprint density at radius 1 is 1.10 bits per heavy atom. The van der Waals surface area contributed by atoms with Crippen LogP contribution in [0.5, 0.6) is 0 Å². The van der Waals surface area contributed by atoms with E-state index in [2.05, 4.69) is 19.2 Å². The number of nitrogens with one attached hydrogen (secondary N) is 1. The van der Waals surface area contributed by atoms with Crippen molar-refractivity contribution in [3.05, 3.63) is 0 Å². The molecule has 0 saturated heterocycles. The molecule has 2 aliphatic rings. The molecule has 2 aliphatic carbocycles. The lowest BCUT2D eigenvalue weighted by atomic mass is 9.78. The summed E-state index contributed by atoms with van der Waals surface area (Å²) in [5.41, 5.74) is 6.05. The molecule has 2 saturated carbocycles. The molecule has 0 spiro atoms. The molecule has 4 heteroatoms. The Morgan fingerprint density at radius 2 is 1.76 bits per heavy atom. The summed E-state index contributed by atoms with van der Waals surface area (Å²) >= 11 is 0. The highest BCUT2D eigenvalue weighted by molar-refractivity contribution is 5.85. The van der Waals surface area contributed by atoms with Gasteiger partial charge < -0.3 is 11.1 Å². The Hall–Kier alpha value is -0.280. The summed E-state index contributed by atoms with van der Waals surface area (Å²) in [7, 11) is 0. The summed E-state index contributed by atoms with van der Waals surface area (Å²) in [6.45, 7) is 4.48. The molecule has 0 aromatic carbocycles. The maximum absolute atomic E-state index is 12.2. The fourth-order valence-electron chi connectivity index (χ4n) is 4.07. The van der Waals surface area contributed by atoms with E-state index >= 15 is 0 Å². The van der Waals surface area contributed by atoms with E-state index in [1.165, 1.54) is 38.5 Å². The van der Waals surface area contributed by atoms with Crippen LogP contribution >= 0.6 is 12.4 Å². The molecule has 3 N–H and O–H groups in total. The summed E-state index contributed by atoms with van der Waals surface area (Å²) in [6, 6.07) is 0.537. The van der Waals surface area contributed by atoms with E-state index in [1.807, 2.05) is 0 Å². The fourth-order valence-corrected chi connectivity index (χ4v) is 4.07. The number of carbonyl (C=O) groups excluding carboxylic acids is 1. The Morgan fingerprint density at radius 3 is 2.33 bits per heavy atom. The zero-order valence-corrected chi connectivity index (χ0v) is 14.5. The Kier molecular flexibility index (Phi) is 8.04. The quantitative estimate of drug-likeness (QED) is 0.813. The maximum atomic E-state index is 12.2. The van der Waals surface area contributed by atoms with Crippen molar-refractivity contribution in [3.8, 4) is 0 Å². The van der Waals surface area contributed by atoms with Crippen molar-refractivity contribution < 1.29 is 4.79 Å². The fraction of sp³-hybridized carbons (Fsp3) is 0.941. The number of halogens is 1. The Balaban J connectivity index is 0.00000220. The molecule has 0 radical (unpaired) electrons. The molecule has 21 heavy (non-hydrogen) atoms. The molecular formula is C17H33ClN2O. The van der Waals surface area contributed by atoms with Gasteiger partial charge in [0.05, 0.1) is 0 Å². The van der Waals surface area contributed by atoms with E-state index < -0.39 is 0 Å². The first-order valence-electron chi connectivity index (χ1n) is 8.63. The summed E-state index contributed by atoms with van der Waals surface area (Å²) in [5, 5.41) is 3.23. The van der Waals surface area contributed by atoms with Crippen LogP contribution in [-0.2, 0) is 4.79 Å². The molecule has 124 valence electrons. The van der Waals surface area contributed by atoms with E-state index in [1.54, 1.807) is 0 Å². The first kappa shape index (κ1) is 18.8. The lowest BCUT2D eigenvalue weighted by Gasteiger charge is -2.32. The molecule has 0 aromatic rings. The van der Waals surface area contributed by atoms with Crippen LogP contribution < -0.4 is 11.1 Å². The van der Waals surface area contributed by atoms with Gasteiger partial charge in [-0.3, -0.25) is 4.79 Å². The van der Waals surface area contributed by atoms with Crippen LogP contribution in [0.1, 0.15) is 71.6 Å². The summed E-state index contributed by atoms with van der Waals surface area (Å²) in [5.74, 6) is 2.01. The minimum absolute atomic E-state index is 0. The van der Waals surface area contributed by atoms with Crippen LogP contribution in [0.15, 0.2) is 0 Å². The van der Waals surface area contributed by atoms with Crippen LogP contribution in [0.25, 0.3) is 0 Å². The molecule has 2 fully saturated rings. The SMILES string of the molecule is CC(NC(=O)C[C@@H]1CCC[C@H]1N)C(C)C1CCCCC1.Cl. The van der Waals surface area contributed by atoms with E-state index in [-0.39, 0.29) is 24.4 Å². The second-order valence-corrected chi connectivity index (χ2v) is 7.17. The first-order valence-corrected chi connectivity index (χ1v) is 8.63. The van der Waals surface area contributed by atoms with Crippen LogP contribution in [0, 0.1) is 17.8 Å². The third-order valence-electron chi connectivity index (χ3n) is 5.74. The van der Waals surface area contributed by atoms with Crippen LogP contribution in [0.2, 0.25) is 0 Å². The van der Waals surface area contributed by atoms with Crippen molar-refractivity contribution in [1.29, 1.82) is 0 Å². The molecule has 0 heterocycles. The van der Waals surface area contributed by atoms with Gasteiger partial charge in [-0.1, -0.05) is 45.4 Å². The molecule has 3 nitrogen and oxygen atoms in total.